The molecule has 1 saturated heterocycles. The van der Waals surface area contributed by atoms with Gasteiger partial charge in [0.2, 0.25) is 11.8 Å². The van der Waals surface area contributed by atoms with Crippen LogP contribution in [0, 0.1) is 0 Å². The summed E-state index contributed by atoms with van der Waals surface area (Å²) in [6.45, 7) is 1.37. The molecule has 1 unspecified atom stereocenters. The second-order valence-electron chi connectivity index (χ2n) is 6.67. The van der Waals surface area contributed by atoms with Gasteiger partial charge in [0, 0.05) is 25.5 Å². The van der Waals surface area contributed by atoms with Gasteiger partial charge in [-0.05, 0) is 24.6 Å². The zero-order valence-corrected chi connectivity index (χ0v) is 16.6. The van der Waals surface area contributed by atoms with Crippen molar-refractivity contribution in [3.05, 3.63) is 23.2 Å². The second kappa shape index (κ2) is 7.88. The number of hydrazone groups is 1. The molecule has 0 radical (unpaired) electrons. The topological polar surface area (TPSA) is 125 Å². The maximum Gasteiger partial charge on any atom is 0.271 e. The molecule has 2 aliphatic heterocycles. The van der Waals surface area contributed by atoms with Crippen LogP contribution >= 0.6 is 11.6 Å². The van der Waals surface area contributed by atoms with Crippen LogP contribution in [0.15, 0.2) is 23.3 Å². The molecule has 3 amide bonds. The minimum Gasteiger partial charge on any atom is -0.326 e. The normalized spacial score (nSPS) is 21.2. The summed E-state index contributed by atoms with van der Waals surface area (Å²) in [5.74, 6) is -1.20. The standard InChI is InChI=1S/C17H19ClN4O5S/c1-10(23)19-11-2-3-14(13(18)8-11)20-17(25)15-4-5-16(24)22(21-15)12-6-7-28(26,27)9-12/h2-3,8,12H,4-7,9H2,1H3,(H,19,23)(H,20,25). The molecule has 0 aliphatic carbocycles. The zero-order valence-electron chi connectivity index (χ0n) is 15.1. The Hall–Kier alpha value is -2.46. The molecule has 9 nitrogen and oxygen atoms in total. The smallest absolute Gasteiger partial charge is 0.271 e. The Kier molecular flexibility index (Phi) is 5.71. The van der Waals surface area contributed by atoms with Gasteiger partial charge in [-0.25, -0.2) is 13.4 Å². The van der Waals surface area contributed by atoms with Crippen LogP contribution in [0.2, 0.25) is 5.02 Å². The number of hydrogen-bond donors (Lipinski definition) is 2. The molecular weight excluding hydrogens is 408 g/mol. The zero-order chi connectivity index (χ0) is 20.5. The Labute approximate surface area is 167 Å². The third kappa shape index (κ3) is 4.68. The molecule has 0 bridgehead atoms. The minimum atomic E-state index is -3.18. The lowest BCUT2D eigenvalue weighted by atomic mass is 10.1. The summed E-state index contributed by atoms with van der Waals surface area (Å²) in [6, 6.07) is 4.09. The molecule has 2 N–H and O–H groups in total. The fourth-order valence-corrected chi connectivity index (χ4v) is 5.00. The molecule has 28 heavy (non-hydrogen) atoms. The number of anilines is 2. The number of hydrogen-bond acceptors (Lipinski definition) is 6. The fourth-order valence-electron chi connectivity index (χ4n) is 3.08. The summed E-state index contributed by atoms with van der Waals surface area (Å²) >= 11 is 6.15. The number of rotatable bonds is 4. The molecule has 1 aromatic rings. The summed E-state index contributed by atoms with van der Waals surface area (Å²) in [6.07, 6.45) is 0.545. The molecule has 0 aromatic heterocycles. The van der Waals surface area contributed by atoms with Crippen molar-refractivity contribution < 1.29 is 22.8 Å². The minimum absolute atomic E-state index is 0.00868. The number of nitrogens with zero attached hydrogens (tertiary/aromatic N) is 2. The Morgan fingerprint density at radius 3 is 2.61 bits per heavy atom. The van der Waals surface area contributed by atoms with E-state index in [-0.39, 0.29) is 46.9 Å². The van der Waals surface area contributed by atoms with E-state index < -0.39 is 21.8 Å². The van der Waals surface area contributed by atoms with E-state index in [1.807, 2.05) is 0 Å². The molecule has 1 fully saturated rings. The van der Waals surface area contributed by atoms with E-state index in [0.717, 1.165) is 5.01 Å². The van der Waals surface area contributed by atoms with Crippen molar-refractivity contribution in [2.45, 2.75) is 32.2 Å². The van der Waals surface area contributed by atoms with Crippen LogP contribution in [-0.4, -0.2) is 54.4 Å². The summed E-state index contributed by atoms with van der Waals surface area (Å²) in [7, 11) is -3.18. The third-order valence-corrected chi connectivity index (χ3v) is 6.48. The second-order valence-corrected chi connectivity index (χ2v) is 9.31. The average molecular weight is 427 g/mol. The molecule has 1 atom stereocenters. The highest BCUT2D eigenvalue weighted by atomic mass is 35.5. The Balaban J connectivity index is 1.74. The van der Waals surface area contributed by atoms with Crippen LogP contribution in [0.5, 0.6) is 0 Å². The van der Waals surface area contributed by atoms with Gasteiger partial charge in [0.1, 0.15) is 5.71 Å². The van der Waals surface area contributed by atoms with Crippen molar-refractivity contribution in [3.63, 3.8) is 0 Å². The molecule has 0 spiro atoms. The van der Waals surface area contributed by atoms with Crippen molar-refractivity contribution in [1.82, 2.24) is 5.01 Å². The van der Waals surface area contributed by atoms with E-state index in [4.69, 9.17) is 11.6 Å². The van der Waals surface area contributed by atoms with Gasteiger partial charge in [0.15, 0.2) is 9.84 Å². The van der Waals surface area contributed by atoms with Crippen LogP contribution in [0.4, 0.5) is 11.4 Å². The van der Waals surface area contributed by atoms with Crippen molar-refractivity contribution in [2.75, 3.05) is 22.1 Å². The van der Waals surface area contributed by atoms with E-state index >= 15 is 0 Å². The first kappa shape index (κ1) is 20.3. The van der Waals surface area contributed by atoms with Crippen LogP contribution in [0.25, 0.3) is 0 Å². The molecule has 2 aliphatic rings. The maximum atomic E-state index is 12.6. The van der Waals surface area contributed by atoms with E-state index in [0.29, 0.717) is 17.8 Å². The number of sulfone groups is 1. The van der Waals surface area contributed by atoms with Crippen molar-refractivity contribution in [2.24, 2.45) is 5.10 Å². The fraction of sp³-hybridized carbons (Fsp3) is 0.412. The first-order chi connectivity index (χ1) is 13.1. The van der Waals surface area contributed by atoms with Crippen LogP contribution in [0.3, 0.4) is 0 Å². The highest BCUT2D eigenvalue weighted by Gasteiger charge is 2.37. The van der Waals surface area contributed by atoms with Crippen molar-refractivity contribution >= 4 is 56.2 Å². The molecule has 3 rings (SSSR count). The van der Waals surface area contributed by atoms with Crippen molar-refractivity contribution in [3.8, 4) is 0 Å². The van der Waals surface area contributed by atoms with Gasteiger partial charge in [-0.2, -0.15) is 5.10 Å². The van der Waals surface area contributed by atoms with Gasteiger partial charge in [0.25, 0.3) is 5.91 Å². The maximum absolute atomic E-state index is 12.6. The van der Waals surface area contributed by atoms with Gasteiger partial charge >= 0.3 is 0 Å². The number of carbonyl (C=O) groups excluding carboxylic acids is 3. The molecule has 150 valence electrons. The largest absolute Gasteiger partial charge is 0.326 e. The van der Waals surface area contributed by atoms with Crippen molar-refractivity contribution in [1.29, 1.82) is 0 Å². The van der Waals surface area contributed by atoms with Crippen LogP contribution in [-0.2, 0) is 24.2 Å². The monoisotopic (exact) mass is 426 g/mol. The number of benzene rings is 1. The lowest BCUT2D eigenvalue weighted by Crippen LogP contribution is -2.42. The molecule has 1 aromatic carbocycles. The summed E-state index contributed by atoms with van der Waals surface area (Å²) in [4.78, 5) is 35.8. The van der Waals surface area contributed by atoms with E-state index in [2.05, 4.69) is 15.7 Å². The number of nitrogens with one attached hydrogen (secondary N) is 2. The highest BCUT2D eigenvalue weighted by Crippen LogP contribution is 2.26. The SMILES string of the molecule is CC(=O)Nc1ccc(NC(=O)C2=NN(C3CCS(=O)(=O)C3)C(=O)CC2)c(Cl)c1. The van der Waals surface area contributed by atoms with Gasteiger partial charge < -0.3 is 10.6 Å². The quantitative estimate of drug-likeness (QED) is 0.752. The lowest BCUT2D eigenvalue weighted by Gasteiger charge is -2.27. The van der Waals surface area contributed by atoms with E-state index in [1.165, 1.54) is 13.0 Å². The summed E-state index contributed by atoms with van der Waals surface area (Å²) in [5, 5.41) is 10.7. The van der Waals surface area contributed by atoms with Crippen LogP contribution < -0.4 is 10.6 Å². The highest BCUT2D eigenvalue weighted by molar-refractivity contribution is 7.91. The third-order valence-electron chi connectivity index (χ3n) is 4.41. The Morgan fingerprint density at radius 1 is 1.25 bits per heavy atom. The first-order valence-corrected chi connectivity index (χ1v) is 10.8. The van der Waals surface area contributed by atoms with Gasteiger partial charge in [-0.3, -0.25) is 14.4 Å². The van der Waals surface area contributed by atoms with Gasteiger partial charge in [-0.15, -0.1) is 0 Å². The number of halogens is 1. The number of amides is 3. The summed E-state index contributed by atoms with van der Waals surface area (Å²) in [5.41, 5.74) is 0.950. The van der Waals surface area contributed by atoms with Gasteiger partial charge in [-0.1, -0.05) is 11.6 Å². The molecular formula is C17H19ClN4O5S. The van der Waals surface area contributed by atoms with E-state index in [1.54, 1.807) is 12.1 Å². The summed E-state index contributed by atoms with van der Waals surface area (Å²) < 4.78 is 23.3. The van der Waals surface area contributed by atoms with E-state index in [9.17, 15) is 22.8 Å². The Morgan fingerprint density at radius 2 is 2.00 bits per heavy atom. The predicted molar refractivity (Wildman–Crippen MR) is 105 cm³/mol. The molecule has 2 heterocycles. The molecule has 11 heteroatoms. The molecule has 0 saturated carbocycles. The Bertz CT molecular complexity index is 976. The average Bonchev–Trinajstić information content (AvgIpc) is 2.97. The van der Waals surface area contributed by atoms with Crippen LogP contribution in [0.1, 0.15) is 26.2 Å². The predicted octanol–water partition coefficient (Wildman–Crippen LogP) is 1.40. The van der Waals surface area contributed by atoms with Gasteiger partial charge in [0.05, 0.1) is 28.3 Å². The lowest BCUT2D eigenvalue weighted by molar-refractivity contribution is -0.133. The first-order valence-electron chi connectivity index (χ1n) is 8.63. The number of carbonyl (C=O) groups is 3.